The fraction of sp³-hybridized carbons (Fsp3) is 1.00. The molecule has 0 amide bonds. The molecule has 0 aliphatic carbocycles. The smallest absolute Gasteiger partial charge is 0.0881 e. The van der Waals surface area contributed by atoms with Gasteiger partial charge in [0, 0.05) is 13.2 Å². The van der Waals surface area contributed by atoms with E-state index in [-0.39, 0.29) is 32.3 Å². The van der Waals surface area contributed by atoms with Crippen LogP contribution in [0.3, 0.4) is 0 Å². The molecule has 0 spiro atoms. The Labute approximate surface area is 78.0 Å². The van der Waals surface area contributed by atoms with E-state index < -0.39 is 5.54 Å². The van der Waals surface area contributed by atoms with Crippen LogP contribution in [0.25, 0.3) is 0 Å². The second kappa shape index (κ2) is 6.28. The number of aliphatic hydroxyl groups excluding tert-OH is 4. The van der Waals surface area contributed by atoms with E-state index in [4.69, 9.17) is 20.4 Å². The first-order valence-corrected chi connectivity index (χ1v) is 4.32. The van der Waals surface area contributed by atoms with E-state index in [2.05, 4.69) is 5.32 Å². The van der Waals surface area contributed by atoms with Crippen LogP contribution in [0.2, 0.25) is 0 Å². The predicted octanol–water partition coefficient (Wildman–Crippen LogP) is -2.08. The van der Waals surface area contributed by atoms with Crippen LogP contribution in [0.5, 0.6) is 0 Å². The molecule has 5 N–H and O–H groups in total. The van der Waals surface area contributed by atoms with Gasteiger partial charge in [-0.05, 0) is 5.92 Å². The molecule has 0 aromatic rings. The van der Waals surface area contributed by atoms with Gasteiger partial charge >= 0.3 is 0 Å². The lowest BCUT2D eigenvalue weighted by Gasteiger charge is -2.29. The molecule has 0 aliphatic heterocycles. The summed E-state index contributed by atoms with van der Waals surface area (Å²) in [6, 6.07) is 0. The highest BCUT2D eigenvalue weighted by molar-refractivity contribution is 4.86. The number of aliphatic hydroxyl groups is 4. The molecule has 1 unspecified atom stereocenters. The SMILES string of the molecule is CC(CO)CNC(CO)(CO)CO. The van der Waals surface area contributed by atoms with Gasteiger partial charge in [-0.25, -0.2) is 0 Å². The number of hydrogen-bond acceptors (Lipinski definition) is 5. The van der Waals surface area contributed by atoms with Crippen LogP contribution in [-0.4, -0.2) is 58.9 Å². The van der Waals surface area contributed by atoms with Crippen molar-refractivity contribution in [1.82, 2.24) is 5.32 Å². The summed E-state index contributed by atoms with van der Waals surface area (Å²) in [7, 11) is 0. The first-order valence-electron chi connectivity index (χ1n) is 4.32. The van der Waals surface area contributed by atoms with Gasteiger partial charge in [0.1, 0.15) is 0 Å². The molecule has 0 aliphatic rings. The minimum atomic E-state index is -1.04. The van der Waals surface area contributed by atoms with Crippen LogP contribution in [-0.2, 0) is 0 Å². The maximum absolute atomic E-state index is 8.92. The highest BCUT2D eigenvalue weighted by atomic mass is 16.3. The molecule has 0 saturated carbocycles. The van der Waals surface area contributed by atoms with Crippen LogP contribution < -0.4 is 5.32 Å². The summed E-state index contributed by atoms with van der Waals surface area (Å²) in [5, 5.41) is 38.3. The average Bonchev–Trinajstić information content (AvgIpc) is 2.20. The molecule has 0 bridgehead atoms. The fourth-order valence-corrected chi connectivity index (χ4v) is 0.773. The summed E-state index contributed by atoms with van der Waals surface area (Å²) in [4.78, 5) is 0. The lowest BCUT2D eigenvalue weighted by Crippen LogP contribution is -2.56. The predicted molar refractivity (Wildman–Crippen MR) is 48.2 cm³/mol. The maximum atomic E-state index is 8.92. The van der Waals surface area contributed by atoms with Crippen LogP contribution in [0, 0.1) is 5.92 Å². The Bertz CT molecular complexity index is 119. The van der Waals surface area contributed by atoms with Gasteiger partial charge in [-0.2, -0.15) is 0 Å². The third-order valence-corrected chi connectivity index (χ3v) is 2.05. The molecule has 5 nitrogen and oxygen atoms in total. The van der Waals surface area contributed by atoms with E-state index in [0.717, 1.165) is 0 Å². The van der Waals surface area contributed by atoms with Crippen LogP contribution in [0.1, 0.15) is 6.92 Å². The Morgan fingerprint density at radius 1 is 1.08 bits per heavy atom. The Balaban J connectivity index is 3.95. The van der Waals surface area contributed by atoms with Gasteiger partial charge in [-0.1, -0.05) is 6.92 Å². The number of nitrogens with one attached hydrogen (secondary N) is 1. The van der Waals surface area contributed by atoms with Gasteiger partial charge in [0.05, 0.1) is 25.4 Å². The highest BCUT2D eigenvalue weighted by Gasteiger charge is 2.27. The topological polar surface area (TPSA) is 93.0 Å². The van der Waals surface area contributed by atoms with Gasteiger partial charge in [-0.3, -0.25) is 0 Å². The Hall–Kier alpha value is -0.200. The van der Waals surface area contributed by atoms with Crippen molar-refractivity contribution in [1.29, 1.82) is 0 Å². The average molecular weight is 193 g/mol. The molecule has 0 aromatic carbocycles. The third kappa shape index (κ3) is 4.02. The lowest BCUT2D eigenvalue weighted by molar-refractivity contribution is 0.0383. The number of hydrogen-bond donors (Lipinski definition) is 5. The van der Waals surface area contributed by atoms with Crippen molar-refractivity contribution in [2.45, 2.75) is 12.5 Å². The van der Waals surface area contributed by atoms with Crippen LogP contribution in [0.15, 0.2) is 0 Å². The monoisotopic (exact) mass is 193 g/mol. The largest absolute Gasteiger partial charge is 0.396 e. The minimum absolute atomic E-state index is 0.0315. The second-order valence-corrected chi connectivity index (χ2v) is 3.42. The zero-order valence-electron chi connectivity index (χ0n) is 7.90. The van der Waals surface area contributed by atoms with E-state index in [0.29, 0.717) is 6.54 Å². The van der Waals surface area contributed by atoms with E-state index >= 15 is 0 Å². The molecular weight excluding hydrogens is 174 g/mol. The molecule has 0 saturated heterocycles. The third-order valence-electron chi connectivity index (χ3n) is 2.05. The quantitative estimate of drug-likeness (QED) is 0.320. The van der Waals surface area contributed by atoms with Crippen molar-refractivity contribution in [3.63, 3.8) is 0 Å². The summed E-state index contributed by atoms with van der Waals surface area (Å²) in [5.74, 6) is 0.0315. The highest BCUT2D eigenvalue weighted by Crippen LogP contribution is 2.02. The molecule has 5 heteroatoms. The van der Waals surface area contributed by atoms with Gasteiger partial charge in [-0.15, -0.1) is 0 Å². The molecule has 1 atom stereocenters. The summed E-state index contributed by atoms with van der Waals surface area (Å²) in [6.07, 6.45) is 0. The zero-order valence-corrected chi connectivity index (χ0v) is 7.90. The lowest BCUT2D eigenvalue weighted by atomic mass is 10.0. The standard InChI is InChI=1S/C8H19NO4/c1-7(3-10)2-9-8(4-11,5-12)6-13/h7,9-13H,2-6H2,1H3. The molecule has 0 radical (unpaired) electrons. The van der Waals surface area contributed by atoms with Crippen molar-refractivity contribution in [2.24, 2.45) is 5.92 Å². The molecule has 0 rings (SSSR count). The van der Waals surface area contributed by atoms with E-state index in [1.165, 1.54) is 0 Å². The van der Waals surface area contributed by atoms with Crippen molar-refractivity contribution in [3.8, 4) is 0 Å². The Kier molecular flexibility index (Phi) is 6.19. The maximum Gasteiger partial charge on any atom is 0.0881 e. The second-order valence-electron chi connectivity index (χ2n) is 3.42. The van der Waals surface area contributed by atoms with Gasteiger partial charge in [0.25, 0.3) is 0 Å². The first kappa shape index (κ1) is 12.8. The van der Waals surface area contributed by atoms with E-state index in [1.54, 1.807) is 0 Å². The van der Waals surface area contributed by atoms with E-state index in [9.17, 15) is 0 Å². The van der Waals surface area contributed by atoms with Crippen LogP contribution >= 0.6 is 0 Å². The van der Waals surface area contributed by atoms with E-state index in [1.807, 2.05) is 6.92 Å². The van der Waals surface area contributed by atoms with Crippen molar-refractivity contribution in [2.75, 3.05) is 33.0 Å². The number of rotatable bonds is 7. The zero-order chi connectivity index (χ0) is 10.3. The molecule has 0 aromatic heterocycles. The minimum Gasteiger partial charge on any atom is -0.396 e. The summed E-state index contributed by atoms with van der Waals surface area (Å²) < 4.78 is 0. The van der Waals surface area contributed by atoms with Crippen molar-refractivity contribution in [3.05, 3.63) is 0 Å². The molecular formula is C8H19NO4. The molecule has 80 valence electrons. The first-order chi connectivity index (χ1) is 6.14. The molecule has 0 heterocycles. The normalized spacial score (nSPS) is 14.5. The molecule has 0 fully saturated rings. The van der Waals surface area contributed by atoms with Crippen LogP contribution in [0.4, 0.5) is 0 Å². The van der Waals surface area contributed by atoms with Gasteiger partial charge in [0.15, 0.2) is 0 Å². The van der Waals surface area contributed by atoms with Crippen molar-refractivity contribution < 1.29 is 20.4 Å². The Morgan fingerprint density at radius 3 is 1.85 bits per heavy atom. The summed E-state index contributed by atoms with van der Waals surface area (Å²) in [5.41, 5.74) is -1.04. The summed E-state index contributed by atoms with van der Waals surface area (Å²) >= 11 is 0. The van der Waals surface area contributed by atoms with Gasteiger partial charge in [0.2, 0.25) is 0 Å². The molecule has 13 heavy (non-hydrogen) atoms. The van der Waals surface area contributed by atoms with Gasteiger partial charge < -0.3 is 25.7 Å². The van der Waals surface area contributed by atoms with Crippen molar-refractivity contribution >= 4 is 0 Å². The summed E-state index contributed by atoms with van der Waals surface area (Å²) in [6.45, 7) is 1.29. The Morgan fingerprint density at radius 2 is 1.54 bits per heavy atom. The fourth-order valence-electron chi connectivity index (χ4n) is 0.773.